The van der Waals surface area contributed by atoms with Crippen molar-refractivity contribution in [2.45, 2.75) is 32.4 Å². The Bertz CT molecular complexity index is 919. The first-order valence-electron chi connectivity index (χ1n) is 9.77. The molecule has 0 aliphatic carbocycles. The zero-order valence-electron chi connectivity index (χ0n) is 16.9. The Morgan fingerprint density at radius 2 is 1.55 bits per heavy atom. The number of carbonyl (C=O) groups excluding carboxylic acids is 2. The summed E-state index contributed by atoms with van der Waals surface area (Å²) in [6, 6.07) is 11.3. The second-order valence-electron chi connectivity index (χ2n) is 7.67. The number of hydroxylamine groups is 1. The molecular weight excluding hydrogens is 413 g/mol. The molecule has 1 aliphatic heterocycles. The Labute approximate surface area is 177 Å². The van der Waals surface area contributed by atoms with Crippen molar-refractivity contribution in [2.75, 3.05) is 13.1 Å². The number of carbonyl (C=O) groups is 2. The maximum absolute atomic E-state index is 12.7. The van der Waals surface area contributed by atoms with Crippen molar-refractivity contribution >= 4 is 11.8 Å². The Balaban J connectivity index is 1.68. The minimum absolute atomic E-state index is 0.0530. The van der Waals surface area contributed by atoms with Crippen LogP contribution in [0.1, 0.15) is 30.9 Å². The molecule has 0 unspecified atom stereocenters. The van der Waals surface area contributed by atoms with E-state index in [1.165, 1.54) is 19.1 Å². The van der Waals surface area contributed by atoms with Crippen molar-refractivity contribution < 1.29 is 32.7 Å². The van der Waals surface area contributed by atoms with Gasteiger partial charge in [0.15, 0.2) is 0 Å². The van der Waals surface area contributed by atoms with E-state index in [1.807, 2.05) is 0 Å². The summed E-state index contributed by atoms with van der Waals surface area (Å²) >= 11 is 0. The number of amides is 2. The predicted molar refractivity (Wildman–Crippen MR) is 106 cm³/mol. The fourth-order valence-corrected chi connectivity index (χ4v) is 3.77. The molecule has 1 aliphatic rings. The predicted octanol–water partition coefficient (Wildman–Crippen LogP) is 4.17. The first-order chi connectivity index (χ1) is 14.6. The van der Waals surface area contributed by atoms with Gasteiger partial charge in [-0.05, 0) is 61.2 Å². The first-order valence-corrected chi connectivity index (χ1v) is 9.77. The number of alkyl halides is 3. The van der Waals surface area contributed by atoms with Gasteiger partial charge in [-0.25, -0.2) is 5.48 Å². The zero-order chi connectivity index (χ0) is 22.6. The van der Waals surface area contributed by atoms with Gasteiger partial charge < -0.3 is 9.64 Å². The molecule has 3 rings (SSSR count). The third-order valence-electron chi connectivity index (χ3n) is 5.63. The van der Waals surface area contributed by atoms with Crippen LogP contribution in [-0.4, -0.2) is 35.0 Å². The topological polar surface area (TPSA) is 78.9 Å². The number of hydrogen-bond acceptors (Lipinski definition) is 4. The van der Waals surface area contributed by atoms with Gasteiger partial charge in [-0.1, -0.05) is 12.1 Å². The number of nitrogens with zero attached hydrogens (tertiary/aromatic N) is 1. The average molecular weight is 436 g/mol. The number of halogens is 3. The standard InChI is InChI=1S/C22H23F3N2O4/c1-15(28)27-12-10-21(11-13-27,20(29)26-30)14-16-2-6-18(7-3-16)31-19-8-4-17(5-9-19)22(23,24)25/h2-9,30H,10-14H2,1H3,(H,26,29). The van der Waals surface area contributed by atoms with Gasteiger partial charge in [-0.15, -0.1) is 0 Å². The van der Waals surface area contributed by atoms with Crippen molar-refractivity contribution in [3.63, 3.8) is 0 Å². The summed E-state index contributed by atoms with van der Waals surface area (Å²) in [6.45, 7) is 2.34. The van der Waals surface area contributed by atoms with E-state index < -0.39 is 23.1 Å². The summed E-state index contributed by atoms with van der Waals surface area (Å²) in [6.07, 6.45) is -3.20. The largest absolute Gasteiger partial charge is 0.457 e. The van der Waals surface area contributed by atoms with Crippen molar-refractivity contribution in [3.05, 3.63) is 59.7 Å². The van der Waals surface area contributed by atoms with Crippen LogP contribution in [0.25, 0.3) is 0 Å². The van der Waals surface area contributed by atoms with Gasteiger partial charge in [0.2, 0.25) is 11.8 Å². The normalized spacial score (nSPS) is 16.0. The van der Waals surface area contributed by atoms with E-state index in [9.17, 15) is 28.0 Å². The molecule has 2 aromatic rings. The Morgan fingerprint density at radius 1 is 1.03 bits per heavy atom. The molecule has 0 atom stereocenters. The number of rotatable bonds is 5. The van der Waals surface area contributed by atoms with E-state index >= 15 is 0 Å². The van der Waals surface area contributed by atoms with Crippen LogP contribution in [0.4, 0.5) is 13.2 Å². The minimum Gasteiger partial charge on any atom is -0.457 e. The molecule has 166 valence electrons. The van der Waals surface area contributed by atoms with E-state index in [1.54, 1.807) is 34.6 Å². The van der Waals surface area contributed by atoms with Crippen molar-refractivity contribution in [1.82, 2.24) is 10.4 Å². The molecule has 1 heterocycles. The lowest BCUT2D eigenvalue weighted by Gasteiger charge is -2.40. The number of nitrogens with one attached hydrogen (secondary N) is 1. The van der Waals surface area contributed by atoms with E-state index in [0.717, 1.165) is 17.7 Å². The van der Waals surface area contributed by atoms with Crippen molar-refractivity contribution in [3.8, 4) is 11.5 Å². The second-order valence-corrected chi connectivity index (χ2v) is 7.67. The molecule has 31 heavy (non-hydrogen) atoms. The molecule has 0 bridgehead atoms. The SMILES string of the molecule is CC(=O)N1CCC(Cc2ccc(Oc3ccc(C(F)(F)F)cc3)cc2)(C(=O)NO)CC1. The van der Waals surface area contributed by atoms with E-state index in [0.29, 0.717) is 38.1 Å². The summed E-state index contributed by atoms with van der Waals surface area (Å²) in [4.78, 5) is 25.6. The highest BCUT2D eigenvalue weighted by molar-refractivity contribution is 5.82. The smallest absolute Gasteiger partial charge is 0.416 e. The molecule has 9 heteroatoms. The second kappa shape index (κ2) is 8.97. The molecule has 1 saturated heterocycles. The van der Waals surface area contributed by atoms with Crippen LogP contribution in [0.5, 0.6) is 11.5 Å². The highest BCUT2D eigenvalue weighted by Gasteiger charge is 2.42. The van der Waals surface area contributed by atoms with Crippen LogP contribution < -0.4 is 10.2 Å². The Kier molecular flexibility index (Phi) is 6.54. The third kappa shape index (κ3) is 5.35. The summed E-state index contributed by atoms with van der Waals surface area (Å²) in [5, 5.41) is 9.21. The lowest BCUT2D eigenvalue weighted by molar-refractivity contribution is -0.145. The van der Waals surface area contributed by atoms with E-state index in [2.05, 4.69) is 0 Å². The quantitative estimate of drug-likeness (QED) is 0.545. The van der Waals surface area contributed by atoms with Crippen molar-refractivity contribution in [2.24, 2.45) is 5.41 Å². The fraction of sp³-hybridized carbons (Fsp3) is 0.364. The lowest BCUT2D eigenvalue weighted by atomic mass is 9.73. The molecule has 2 aromatic carbocycles. The number of benzene rings is 2. The molecule has 0 spiro atoms. The molecular formula is C22H23F3N2O4. The number of ether oxygens (including phenoxy) is 1. The summed E-state index contributed by atoms with van der Waals surface area (Å²) < 4.78 is 43.6. The summed E-state index contributed by atoms with van der Waals surface area (Å²) in [5.41, 5.74) is 0.997. The van der Waals surface area contributed by atoms with Gasteiger partial charge in [-0.2, -0.15) is 13.2 Å². The van der Waals surface area contributed by atoms with Gasteiger partial charge in [-0.3, -0.25) is 14.8 Å². The van der Waals surface area contributed by atoms with Gasteiger partial charge >= 0.3 is 6.18 Å². The number of hydrogen-bond donors (Lipinski definition) is 2. The number of likely N-dealkylation sites (tertiary alicyclic amines) is 1. The van der Waals surface area contributed by atoms with Gasteiger partial charge in [0.25, 0.3) is 0 Å². The molecule has 0 saturated carbocycles. The molecule has 0 aromatic heterocycles. The summed E-state index contributed by atoms with van der Waals surface area (Å²) in [5.74, 6) is 0.174. The maximum Gasteiger partial charge on any atom is 0.416 e. The van der Waals surface area contributed by atoms with E-state index in [4.69, 9.17) is 4.74 Å². The highest BCUT2D eigenvalue weighted by Crippen LogP contribution is 2.36. The lowest BCUT2D eigenvalue weighted by Crippen LogP contribution is -2.50. The Morgan fingerprint density at radius 3 is 2.00 bits per heavy atom. The van der Waals surface area contributed by atoms with Crippen LogP contribution in [0.2, 0.25) is 0 Å². The average Bonchev–Trinajstić information content (AvgIpc) is 2.74. The molecule has 0 radical (unpaired) electrons. The molecule has 6 nitrogen and oxygen atoms in total. The van der Waals surface area contributed by atoms with Crippen LogP contribution in [0, 0.1) is 5.41 Å². The van der Waals surface area contributed by atoms with Crippen LogP contribution in [-0.2, 0) is 22.2 Å². The summed E-state index contributed by atoms with van der Waals surface area (Å²) in [7, 11) is 0. The zero-order valence-corrected chi connectivity index (χ0v) is 16.9. The third-order valence-corrected chi connectivity index (χ3v) is 5.63. The maximum atomic E-state index is 12.7. The fourth-order valence-electron chi connectivity index (χ4n) is 3.77. The highest BCUT2D eigenvalue weighted by atomic mass is 19.4. The van der Waals surface area contributed by atoms with Crippen LogP contribution in [0.3, 0.4) is 0 Å². The molecule has 2 amide bonds. The van der Waals surface area contributed by atoms with Gasteiger partial charge in [0.05, 0.1) is 11.0 Å². The first kappa shape index (κ1) is 22.6. The van der Waals surface area contributed by atoms with Gasteiger partial charge in [0.1, 0.15) is 11.5 Å². The Hall–Kier alpha value is -3.07. The minimum atomic E-state index is -4.41. The number of piperidine rings is 1. The van der Waals surface area contributed by atoms with Crippen LogP contribution in [0.15, 0.2) is 48.5 Å². The van der Waals surface area contributed by atoms with Gasteiger partial charge in [0, 0.05) is 20.0 Å². The van der Waals surface area contributed by atoms with E-state index in [-0.39, 0.29) is 11.7 Å². The van der Waals surface area contributed by atoms with Crippen LogP contribution >= 0.6 is 0 Å². The molecule has 2 N–H and O–H groups in total. The molecule has 1 fully saturated rings. The monoisotopic (exact) mass is 436 g/mol. The van der Waals surface area contributed by atoms with Crippen molar-refractivity contribution in [1.29, 1.82) is 0 Å².